The zero-order chi connectivity index (χ0) is 12.7. The monoisotopic (exact) mass is 237 g/mol. The Kier molecular flexibility index (Phi) is 5.84. The van der Waals surface area contributed by atoms with Crippen molar-refractivity contribution < 1.29 is 9.47 Å². The molecule has 0 heterocycles. The van der Waals surface area contributed by atoms with E-state index in [9.17, 15) is 0 Å². The minimum atomic E-state index is 0.652. The van der Waals surface area contributed by atoms with Gasteiger partial charge in [-0.1, -0.05) is 19.9 Å². The van der Waals surface area contributed by atoms with E-state index < -0.39 is 0 Å². The van der Waals surface area contributed by atoms with Gasteiger partial charge in [-0.15, -0.1) is 0 Å². The fourth-order valence-electron chi connectivity index (χ4n) is 1.60. The number of benzene rings is 1. The third-order valence-corrected chi connectivity index (χ3v) is 2.41. The molecular formula is C14H23NO2. The van der Waals surface area contributed by atoms with Crippen LogP contribution in [0.15, 0.2) is 18.2 Å². The van der Waals surface area contributed by atoms with Gasteiger partial charge in [0.1, 0.15) is 0 Å². The van der Waals surface area contributed by atoms with Gasteiger partial charge in [0.15, 0.2) is 11.5 Å². The highest BCUT2D eigenvalue weighted by Gasteiger charge is 2.05. The van der Waals surface area contributed by atoms with Gasteiger partial charge in [-0.3, -0.25) is 0 Å². The van der Waals surface area contributed by atoms with Gasteiger partial charge < -0.3 is 14.8 Å². The number of nitrogens with one attached hydrogen (secondary N) is 1. The van der Waals surface area contributed by atoms with E-state index >= 15 is 0 Å². The molecule has 0 fully saturated rings. The molecule has 3 heteroatoms. The molecule has 1 N–H and O–H groups in total. The summed E-state index contributed by atoms with van der Waals surface area (Å²) in [7, 11) is 1.66. The van der Waals surface area contributed by atoms with Crippen molar-refractivity contribution in [2.24, 2.45) is 5.92 Å². The van der Waals surface area contributed by atoms with Crippen LogP contribution >= 0.6 is 0 Å². The number of hydrogen-bond acceptors (Lipinski definition) is 3. The first-order valence-electron chi connectivity index (χ1n) is 6.17. The first-order chi connectivity index (χ1) is 8.17. The average molecular weight is 237 g/mol. The van der Waals surface area contributed by atoms with Gasteiger partial charge in [0, 0.05) is 6.54 Å². The van der Waals surface area contributed by atoms with Crippen molar-refractivity contribution in [3.05, 3.63) is 23.8 Å². The van der Waals surface area contributed by atoms with Crippen molar-refractivity contribution in [2.45, 2.75) is 27.3 Å². The van der Waals surface area contributed by atoms with Crippen LogP contribution in [0.4, 0.5) is 0 Å². The van der Waals surface area contributed by atoms with Crippen LogP contribution in [-0.2, 0) is 6.54 Å². The second-order valence-corrected chi connectivity index (χ2v) is 4.44. The largest absolute Gasteiger partial charge is 0.493 e. The summed E-state index contributed by atoms with van der Waals surface area (Å²) in [5, 5.41) is 3.41. The van der Waals surface area contributed by atoms with Gasteiger partial charge in [0.05, 0.1) is 13.7 Å². The Balaban J connectivity index is 2.64. The highest BCUT2D eigenvalue weighted by atomic mass is 16.5. The van der Waals surface area contributed by atoms with Crippen LogP contribution in [0.3, 0.4) is 0 Å². The van der Waals surface area contributed by atoms with Crippen molar-refractivity contribution >= 4 is 0 Å². The molecule has 17 heavy (non-hydrogen) atoms. The molecule has 0 aliphatic carbocycles. The SMILES string of the molecule is CCOc1cc(CNCC(C)C)ccc1OC. The molecule has 0 amide bonds. The van der Waals surface area contributed by atoms with Crippen LogP contribution in [0, 0.1) is 5.92 Å². The van der Waals surface area contributed by atoms with E-state index in [0.29, 0.717) is 12.5 Å². The summed E-state index contributed by atoms with van der Waals surface area (Å²) in [5.74, 6) is 2.28. The lowest BCUT2D eigenvalue weighted by atomic mass is 10.2. The third-order valence-electron chi connectivity index (χ3n) is 2.41. The number of rotatable bonds is 7. The van der Waals surface area contributed by atoms with Gasteiger partial charge in [-0.25, -0.2) is 0 Å². The maximum atomic E-state index is 5.54. The van der Waals surface area contributed by atoms with Crippen LogP contribution in [0.1, 0.15) is 26.3 Å². The van der Waals surface area contributed by atoms with Crippen molar-refractivity contribution in [1.82, 2.24) is 5.32 Å². The molecule has 3 nitrogen and oxygen atoms in total. The minimum absolute atomic E-state index is 0.652. The highest BCUT2D eigenvalue weighted by Crippen LogP contribution is 2.27. The Hall–Kier alpha value is -1.22. The topological polar surface area (TPSA) is 30.5 Å². The Morgan fingerprint density at radius 1 is 1.24 bits per heavy atom. The molecule has 0 aliphatic rings. The summed E-state index contributed by atoms with van der Waals surface area (Å²) < 4.78 is 10.8. The van der Waals surface area contributed by atoms with E-state index in [1.165, 1.54) is 5.56 Å². The van der Waals surface area contributed by atoms with Crippen LogP contribution in [0.2, 0.25) is 0 Å². The summed E-state index contributed by atoms with van der Waals surface area (Å²) in [6.45, 7) is 8.92. The quantitative estimate of drug-likeness (QED) is 0.791. The molecule has 1 aromatic rings. The first kappa shape index (κ1) is 13.8. The molecule has 0 radical (unpaired) electrons. The van der Waals surface area contributed by atoms with Gasteiger partial charge in [0.2, 0.25) is 0 Å². The molecule has 1 rings (SSSR count). The lowest BCUT2D eigenvalue weighted by molar-refractivity contribution is 0.310. The number of ether oxygens (including phenoxy) is 2. The zero-order valence-electron chi connectivity index (χ0n) is 11.2. The molecule has 96 valence electrons. The first-order valence-corrected chi connectivity index (χ1v) is 6.17. The minimum Gasteiger partial charge on any atom is -0.493 e. The summed E-state index contributed by atoms with van der Waals surface area (Å²) in [6, 6.07) is 6.06. The second kappa shape index (κ2) is 7.17. The van der Waals surface area contributed by atoms with E-state index in [4.69, 9.17) is 9.47 Å². The molecule has 0 atom stereocenters. The lowest BCUT2D eigenvalue weighted by Gasteiger charge is -2.12. The molecule has 0 aromatic heterocycles. The highest BCUT2D eigenvalue weighted by molar-refractivity contribution is 5.42. The molecular weight excluding hydrogens is 214 g/mol. The maximum Gasteiger partial charge on any atom is 0.161 e. The van der Waals surface area contributed by atoms with E-state index in [0.717, 1.165) is 24.6 Å². The summed E-state index contributed by atoms with van der Waals surface area (Å²) in [4.78, 5) is 0. The molecule has 0 bridgehead atoms. The van der Waals surface area contributed by atoms with Crippen LogP contribution in [0.25, 0.3) is 0 Å². The van der Waals surface area contributed by atoms with Crippen LogP contribution < -0.4 is 14.8 Å². The standard InChI is InChI=1S/C14H23NO2/c1-5-17-14-8-12(6-7-13(14)16-4)10-15-9-11(2)3/h6-8,11,15H,5,9-10H2,1-4H3. The molecule has 0 unspecified atom stereocenters. The maximum absolute atomic E-state index is 5.54. The molecule has 0 aliphatic heterocycles. The molecule has 0 saturated carbocycles. The molecule has 1 aromatic carbocycles. The Morgan fingerprint density at radius 2 is 2.00 bits per heavy atom. The van der Waals surface area contributed by atoms with Crippen molar-refractivity contribution in [3.63, 3.8) is 0 Å². The Morgan fingerprint density at radius 3 is 2.59 bits per heavy atom. The fraction of sp³-hybridized carbons (Fsp3) is 0.571. The van der Waals surface area contributed by atoms with Crippen LogP contribution in [0.5, 0.6) is 11.5 Å². The third kappa shape index (κ3) is 4.65. The smallest absolute Gasteiger partial charge is 0.161 e. The van der Waals surface area contributed by atoms with E-state index in [2.05, 4.69) is 25.2 Å². The average Bonchev–Trinajstić information content (AvgIpc) is 2.29. The lowest BCUT2D eigenvalue weighted by Crippen LogP contribution is -2.18. The Labute approximate surface area is 104 Å². The van der Waals surface area contributed by atoms with Gasteiger partial charge in [-0.05, 0) is 37.1 Å². The summed E-state index contributed by atoms with van der Waals surface area (Å²) in [5.41, 5.74) is 1.22. The summed E-state index contributed by atoms with van der Waals surface area (Å²) in [6.07, 6.45) is 0. The van der Waals surface area contributed by atoms with Gasteiger partial charge in [0.25, 0.3) is 0 Å². The fourth-order valence-corrected chi connectivity index (χ4v) is 1.60. The van der Waals surface area contributed by atoms with Gasteiger partial charge in [-0.2, -0.15) is 0 Å². The summed E-state index contributed by atoms with van der Waals surface area (Å²) >= 11 is 0. The van der Waals surface area contributed by atoms with Gasteiger partial charge >= 0.3 is 0 Å². The molecule has 0 saturated heterocycles. The van der Waals surface area contributed by atoms with E-state index in [1.807, 2.05) is 19.1 Å². The predicted molar refractivity (Wildman–Crippen MR) is 70.7 cm³/mol. The van der Waals surface area contributed by atoms with Crippen molar-refractivity contribution in [1.29, 1.82) is 0 Å². The van der Waals surface area contributed by atoms with Crippen molar-refractivity contribution in [2.75, 3.05) is 20.3 Å². The normalized spacial score (nSPS) is 10.6. The zero-order valence-corrected chi connectivity index (χ0v) is 11.2. The van der Waals surface area contributed by atoms with E-state index in [1.54, 1.807) is 7.11 Å². The second-order valence-electron chi connectivity index (χ2n) is 4.44. The Bertz CT molecular complexity index is 337. The number of methoxy groups -OCH3 is 1. The number of hydrogen-bond donors (Lipinski definition) is 1. The van der Waals surface area contributed by atoms with Crippen LogP contribution in [-0.4, -0.2) is 20.3 Å². The van der Waals surface area contributed by atoms with E-state index in [-0.39, 0.29) is 0 Å². The molecule has 0 spiro atoms. The predicted octanol–water partition coefficient (Wildman–Crippen LogP) is 2.84. The van der Waals surface area contributed by atoms with Crippen molar-refractivity contribution in [3.8, 4) is 11.5 Å².